The van der Waals surface area contributed by atoms with Crippen LogP contribution in [0.1, 0.15) is 5.56 Å². The van der Waals surface area contributed by atoms with Crippen LogP contribution in [-0.2, 0) is 5.60 Å². The normalized spacial score (nSPS) is 16.9. The molecule has 0 amide bonds. The Hall–Kier alpha value is -1.92. The molecule has 0 bridgehead atoms. The number of aliphatic hydroxyl groups is 1. The zero-order chi connectivity index (χ0) is 14.3. The standard InChI is InChI=1S/C13H11ClFN3O2/c14-11-10(5-16-17-12(11)19)18-6-13(20,7-18)8-1-3-9(15)4-2-8/h1-5,20H,6-7H2,(H,17,19). The summed E-state index contributed by atoms with van der Waals surface area (Å²) in [5.41, 5.74) is -0.438. The van der Waals surface area contributed by atoms with Crippen molar-refractivity contribution in [3.05, 3.63) is 57.2 Å². The van der Waals surface area contributed by atoms with Gasteiger partial charge in [-0.3, -0.25) is 4.79 Å². The smallest absolute Gasteiger partial charge is 0.285 e. The molecule has 2 aromatic rings. The number of hydrogen-bond donors (Lipinski definition) is 2. The van der Waals surface area contributed by atoms with Crippen LogP contribution in [0.25, 0.3) is 0 Å². The number of aromatic nitrogens is 2. The number of H-pyrrole nitrogens is 1. The van der Waals surface area contributed by atoms with Crippen LogP contribution < -0.4 is 10.5 Å². The van der Waals surface area contributed by atoms with Crippen LogP contribution in [0.4, 0.5) is 10.1 Å². The number of benzene rings is 1. The molecule has 104 valence electrons. The van der Waals surface area contributed by atoms with Crippen molar-refractivity contribution in [2.24, 2.45) is 0 Å². The summed E-state index contributed by atoms with van der Waals surface area (Å²) < 4.78 is 12.9. The molecule has 0 aliphatic carbocycles. The van der Waals surface area contributed by atoms with Gasteiger partial charge in [-0.1, -0.05) is 23.7 Å². The molecular formula is C13H11ClFN3O2. The van der Waals surface area contributed by atoms with E-state index in [0.29, 0.717) is 11.3 Å². The summed E-state index contributed by atoms with van der Waals surface area (Å²) in [6.07, 6.45) is 1.44. The Kier molecular flexibility index (Phi) is 2.99. The second kappa shape index (κ2) is 4.57. The van der Waals surface area contributed by atoms with Crippen molar-refractivity contribution in [2.75, 3.05) is 18.0 Å². The van der Waals surface area contributed by atoms with Crippen LogP contribution in [-0.4, -0.2) is 28.4 Å². The maximum absolute atomic E-state index is 12.9. The number of hydrogen-bond acceptors (Lipinski definition) is 4. The molecule has 1 aliphatic rings. The third-order valence-electron chi connectivity index (χ3n) is 3.40. The van der Waals surface area contributed by atoms with E-state index in [1.807, 2.05) is 0 Å². The molecule has 0 saturated carbocycles. The highest BCUT2D eigenvalue weighted by Gasteiger charge is 2.43. The fraction of sp³-hybridized carbons (Fsp3) is 0.231. The zero-order valence-electron chi connectivity index (χ0n) is 10.3. The van der Waals surface area contributed by atoms with Crippen molar-refractivity contribution in [3.8, 4) is 0 Å². The third-order valence-corrected chi connectivity index (χ3v) is 3.77. The van der Waals surface area contributed by atoms with Gasteiger partial charge >= 0.3 is 0 Å². The average molecular weight is 296 g/mol. The Bertz CT molecular complexity index is 696. The van der Waals surface area contributed by atoms with Crippen molar-refractivity contribution in [2.45, 2.75) is 5.60 Å². The molecule has 0 atom stereocenters. The maximum atomic E-state index is 12.9. The minimum atomic E-state index is -1.07. The third kappa shape index (κ3) is 2.07. The SMILES string of the molecule is O=c1[nH]ncc(N2CC(O)(c3ccc(F)cc3)C2)c1Cl. The maximum Gasteiger partial charge on any atom is 0.285 e. The molecule has 5 nitrogen and oxygen atoms in total. The van der Waals surface area contributed by atoms with E-state index in [2.05, 4.69) is 10.2 Å². The van der Waals surface area contributed by atoms with E-state index in [-0.39, 0.29) is 23.9 Å². The quantitative estimate of drug-likeness (QED) is 0.875. The molecule has 0 radical (unpaired) electrons. The average Bonchev–Trinajstić information content (AvgIpc) is 2.39. The molecule has 7 heteroatoms. The summed E-state index contributed by atoms with van der Waals surface area (Å²) in [5.74, 6) is -0.352. The first kappa shape index (κ1) is 13.1. The van der Waals surface area contributed by atoms with Gasteiger partial charge in [-0.05, 0) is 17.7 Å². The molecule has 1 aromatic heterocycles. The summed E-state index contributed by atoms with van der Waals surface area (Å²) in [5, 5.41) is 16.4. The van der Waals surface area contributed by atoms with Gasteiger partial charge in [0.05, 0.1) is 25.0 Å². The van der Waals surface area contributed by atoms with Crippen LogP contribution in [0.2, 0.25) is 5.02 Å². The van der Waals surface area contributed by atoms with Crippen molar-refractivity contribution in [3.63, 3.8) is 0 Å². The summed E-state index contributed by atoms with van der Waals surface area (Å²) in [7, 11) is 0. The summed E-state index contributed by atoms with van der Waals surface area (Å²) in [6.45, 7) is 0.535. The highest BCUT2D eigenvalue weighted by Crippen LogP contribution is 2.36. The number of nitrogens with one attached hydrogen (secondary N) is 1. The second-order valence-electron chi connectivity index (χ2n) is 4.79. The lowest BCUT2D eigenvalue weighted by Crippen LogP contribution is -2.60. The Labute approximate surface area is 118 Å². The Morgan fingerprint density at radius 1 is 1.35 bits per heavy atom. The fourth-order valence-electron chi connectivity index (χ4n) is 2.29. The molecule has 3 rings (SSSR count). The Balaban J connectivity index is 1.82. The molecule has 1 saturated heterocycles. The van der Waals surface area contributed by atoms with Crippen molar-refractivity contribution in [1.82, 2.24) is 10.2 Å². The topological polar surface area (TPSA) is 69.2 Å². The van der Waals surface area contributed by atoms with E-state index < -0.39 is 11.2 Å². The van der Waals surface area contributed by atoms with Crippen molar-refractivity contribution < 1.29 is 9.50 Å². The van der Waals surface area contributed by atoms with Gasteiger partial charge in [0.15, 0.2) is 0 Å². The molecule has 0 unspecified atom stereocenters. The van der Waals surface area contributed by atoms with Gasteiger partial charge in [0.1, 0.15) is 16.4 Å². The molecule has 1 fully saturated rings. The first-order valence-electron chi connectivity index (χ1n) is 5.96. The molecule has 2 heterocycles. The summed E-state index contributed by atoms with van der Waals surface area (Å²) in [6, 6.07) is 5.70. The minimum Gasteiger partial charge on any atom is -0.381 e. The van der Waals surface area contributed by atoms with Crippen LogP contribution >= 0.6 is 11.6 Å². The monoisotopic (exact) mass is 295 g/mol. The Morgan fingerprint density at radius 2 is 2.00 bits per heavy atom. The second-order valence-corrected chi connectivity index (χ2v) is 5.17. The van der Waals surface area contributed by atoms with E-state index in [1.165, 1.54) is 18.3 Å². The van der Waals surface area contributed by atoms with Gasteiger partial charge in [0.25, 0.3) is 5.56 Å². The fourth-order valence-corrected chi connectivity index (χ4v) is 2.50. The van der Waals surface area contributed by atoms with Crippen LogP contribution in [0.15, 0.2) is 35.3 Å². The number of rotatable bonds is 2. The first-order valence-corrected chi connectivity index (χ1v) is 6.34. The van der Waals surface area contributed by atoms with Gasteiger partial charge in [-0.2, -0.15) is 5.10 Å². The number of anilines is 1. The lowest BCUT2D eigenvalue weighted by atomic mass is 9.86. The largest absolute Gasteiger partial charge is 0.381 e. The van der Waals surface area contributed by atoms with Gasteiger partial charge in [0.2, 0.25) is 0 Å². The number of halogens is 2. The van der Waals surface area contributed by atoms with Gasteiger partial charge in [-0.15, -0.1) is 0 Å². The lowest BCUT2D eigenvalue weighted by molar-refractivity contribution is 0.00744. The predicted octanol–water partition coefficient (Wildman–Crippen LogP) is 1.27. The van der Waals surface area contributed by atoms with Crippen LogP contribution in [0, 0.1) is 5.82 Å². The molecule has 2 N–H and O–H groups in total. The van der Waals surface area contributed by atoms with E-state index in [4.69, 9.17) is 11.6 Å². The van der Waals surface area contributed by atoms with Gasteiger partial charge < -0.3 is 10.0 Å². The van der Waals surface area contributed by atoms with Gasteiger partial charge in [0, 0.05) is 0 Å². The highest BCUT2D eigenvalue weighted by molar-refractivity contribution is 6.33. The van der Waals surface area contributed by atoms with Crippen molar-refractivity contribution in [1.29, 1.82) is 0 Å². The number of β-amino-alcohol motifs (C(OH)–C–C–N with tert-alkyl or cyclic N) is 1. The van der Waals surface area contributed by atoms with Crippen molar-refractivity contribution >= 4 is 17.3 Å². The van der Waals surface area contributed by atoms with Crippen LogP contribution in [0.5, 0.6) is 0 Å². The summed E-state index contributed by atoms with van der Waals surface area (Å²) >= 11 is 5.90. The molecule has 1 aliphatic heterocycles. The van der Waals surface area contributed by atoms with Crippen LogP contribution in [0.3, 0.4) is 0 Å². The minimum absolute atomic E-state index is 0.0427. The predicted molar refractivity (Wildman–Crippen MR) is 72.4 cm³/mol. The van der Waals surface area contributed by atoms with E-state index >= 15 is 0 Å². The molecule has 1 aromatic carbocycles. The van der Waals surface area contributed by atoms with E-state index in [0.717, 1.165) is 0 Å². The molecule has 0 spiro atoms. The molecular weight excluding hydrogens is 285 g/mol. The molecule has 20 heavy (non-hydrogen) atoms. The zero-order valence-corrected chi connectivity index (χ0v) is 11.1. The summed E-state index contributed by atoms with van der Waals surface area (Å²) in [4.78, 5) is 13.1. The number of aromatic amines is 1. The lowest BCUT2D eigenvalue weighted by Gasteiger charge is -2.48. The van der Waals surface area contributed by atoms with Gasteiger partial charge in [-0.25, -0.2) is 9.49 Å². The van der Waals surface area contributed by atoms with E-state index in [1.54, 1.807) is 17.0 Å². The Morgan fingerprint density at radius 3 is 2.65 bits per heavy atom. The number of nitrogens with zero attached hydrogens (tertiary/aromatic N) is 2. The highest BCUT2D eigenvalue weighted by atomic mass is 35.5. The van der Waals surface area contributed by atoms with E-state index in [9.17, 15) is 14.3 Å². The first-order chi connectivity index (χ1) is 9.49.